The van der Waals surface area contributed by atoms with Crippen LogP contribution < -0.4 is 11.1 Å². The molecule has 0 bridgehead atoms. The van der Waals surface area contributed by atoms with E-state index in [-0.39, 0.29) is 18.0 Å². The average molecular weight is 185 g/mol. The zero-order chi connectivity index (χ0) is 9.90. The van der Waals surface area contributed by atoms with Crippen LogP contribution in [0.15, 0.2) is 0 Å². The Labute approximate surface area is 79.5 Å². The first-order valence-corrected chi connectivity index (χ1v) is 4.75. The summed E-state index contributed by atoms with van der Waals surface area (Å²) in [6.45, 7) is 4.27. The third-order valence-electron chi connectivity index (χ3n) is 2.72. The lowest BCUT2D eigenvalue weighted by Gasteiger charge is -2.38. The fourth-order valence-corrected chi connectivity index (χ4v) is 1.62. The Hall–Kier alpha value is -0.610. The molecule has 1 saturated heterocycles. The molecule has 0 unspecified atom stereocenters. The van der Waals surface area contributed by atoms with Crippen molar-refractivity contribution in [3.8, 4) is 0 Å². The third kappa shape index (κ3) is 2.97. The van der Waals surface area contributed by atoms with Gasteiger partial charge in [-0.3, -0.25) is 4.79 Å². The molecule has 1 fully saturated rings. The molecule has 0 spiro atoms. The van der Waals surface area contributed by atoms with Crippen LogP contribution in [0.2, 0.25) is 0 Å². The van der Waals surface area contributed by atoms with Crippen molar-refractivity contribution in [3.63, 3.8) is 0 Å². The van der Waals surface area contributed by atoms with Crippen molar-refractivity contribution in [2.24, 2.45) is 5.73 Å². The minimum Gasteiger partial charge on any atom is -0.350 e. The van der Waals surface area contributed by atoms with Gasteiger partial charge in [-0.05, 0) is 26.8 Å². The van der Waals surface area contributed by atoms with Gasteiger partial charge < -0.3 is 16.0 Å². The van der Waals surface area contributed by atoms with E-state index in [0.717, 1.165) is 25.9 Å². The third-order valence-corrected chi connectivity index (χ3v) is 2.72. The van der Waals surface area contributed by atoms with E-state index in [0.29, 0.717) is 0 Å². The summed E-state index contributed by atoms with van der Waals surface area (Å²) in [5.74, 6) is -0.0490. The second kappa shape index (κ2) is 4.07. The van der Waals surface area contributed by atoms with Crippen molar-refractivity contribution >= 4 is 5.91 Å². The number of hydrogen-bond donors (Lipinski definition) is 2. The molecule has 0 saturated carbocycles. The molecule has 1 heterocycles. The Bertz CT molecular complexity index is 185. The van der Waals surface area contributed by atoms with Gasteiger partial charge in [0.2, 0.25) is 5.91 Å². The van der Waals surface area contributed by atoms with Crippen molar-refractivity contribution in [2.75, 3.05) is 26.7 Å². The highest BCUT2D eigenvalue weighted by atomic mass is 16.2. The molecule has 0 radical (unpaired) electrons. The monoisotopic (exact) mass is 185 g/mol. The molecule has 1 aliphatic heterocycles. The summed E-state index contributed by atoms with van der Waals surface area (Å²) < 4.78 is 0. The number of nitrogens with two attached hydrogens (primary N) is 1. The van der Waals surface area contributed by atoms with Gasteiger partial charge in [0, 0.05) is 18.6 Å². The molecule has 4 heteroatoms. The minimum atomic E-state index is -0.0490. The number of piperidine rings is 1. The van der Waals surface area contributed by atoms with E-state index in [1.54, 1.807) is 0 Å². The summed E-state index contributed by atoms with van der Waals surface area (Å²) in [5, 5.41) is 2.97. The highest BCUT2D eigenvalue weighted by Gasteiger charge is 2.29. The summed E-state index contributed by atoms with van der Waals surface area (Å²) >= 11 is 0. The van der Waals surface area contributed by atoms with Crippen LogP contribution in [0.1, 0.15) is 19.8 Å². The number of hydrogen-bond acceptors (Lipinski definition) is 3. The van der Waals surface area contributed by atoms with Crippen LogP contribution in [0.5, 0.6) is 0 Å². The molecule has 1 amide bonds. The standard InChI is InChI=1S/C9H19N3O/c1-9(11-8(13)7-10)3-5-12(2)6-4-9/h3-7,10H2,1-2H3,(H,11,13). The lowest BCUT2D eigenvalue weighted by Crippen LogP contribution is -2.53. The maximum Gasteiger partial charge on any atom is 0.234 e. The molecular formula is C9H19N3O. The average Bonchev–Trinajstić information content (AvgIpc) is 2.10. The van der Waals surface area contributed by atoms with Crippen molar-refractivity contribution < 1.29 is 4.79 Å². The topological polar surface area (TPSA) is 58.4 Å². The second-order valence-electron chi connectivity index (χ2n) is 4.12. The Kier molecular flexibility index (Phi) is 3.27. The number of rotatable bonds is 2. The normalized spacial score (nSPS) is 22.7. The quantitative estimate of drug-likeness (QED) is 0.612. The van der Waals surface area contributed by atoms with Crippen molar-refractivity contribution in [3.05, 3.63) is 0 Å². The zero-order valence-corrected chi connectivity index (χ0v) is 8.47. The van der Waals surface area contributed by atoms with Crippen LogP contribution in [-0.2, 0) is 4.79 Å². The van der Waals surface area contributed by atoms with Gasteiger partial charge in [-0.25, -0.2) is 0 Å². The molecule has 1 aliphatic rings. The fraction of sp³-hybridized carbons (Fsp3) is 0.889. The summed E-state index contributed by atoms with van der Waals surface area (Å²) in [6.07, 6.45) is 2.02. The van der Waals surface area contributed by atoms with Gasteiger partial charge in [-0.2, -0.15) is 0 Å². The van der Waals surface area contributed by atoms with E-state index < -0.39 is 0 Å². The maximum atomic E-state index is 11.1. The van der Waals surface area contributed by atoms with E-state index in [4.69, 9.17) is 5.73 Å². The van der Waals surface area contributed by atoms with Crippen LogP contribution in [0.3, 0.4) is 0 Å². The first-order chi connectivity index (χ1) is 6.06. The molecular weight excluding hydrogens is 166 g/mol. The highest BCUT2D eigenvalue weighted by molar-refractivity contribution is 5.78. The van der Waals surface area contributed by atoms with Crippen LogP contribution >= 0.6 is 0 Å². The Morgan fingerprint density at radius 3 is 2.54 bits per heavy atom. The van der Waals surface area contributed by atoms with E-state index in [2.05, 4.69) is 24.2 Å². The molecule has 0 aromatic carbocycles. The SMILES string of the molecule is CN1CCC(C)(NC(=O)CN)CC1. The number of amides is 1. The molecule has 0 aromatic rings. The molecule has 3 N–H and O–H groups in total. The van der Waals surface area contributed by atoms with Gasteiger partial charge in [0.1, 0.15) is 0 Å². The molecule has 4 nitrogen and oxygen atoms in total. The smallest absolute Gasteiger partial charge is 0.234 e. The van der Waals surface area contributed by atoms with E-state index >= 15 is 0 Å². The predicted molar refractivity (Wildman–Crippen MR) is 52.3 cm³/mol. The number of nitrogens with one attached hydrogen (secondary N) is 1. The lowest BCUT2D eigenvalue weighted by atomic mass is 9.90. The summed E-state index contributed by atoms with van der Waals surface area (Å²) in [6, 6.07) is 0. The highest BCUT2D eigenvalue weighted by Crippen LogP contribution is 2.20. The van der Waals surface area contributed by atoms with Gasteiger partial charge >= 0.3 is 0 Å². The van der Waals surface area contributed by atoms with Crippen LogP contribution in [0, 0.1) is 0 Å². The van der Waals surface area contributed by atoms with E-state index in [1.165, 1.54) is 0 Å². The summed E-state index contributed by atoms with van der Waals surface area (Å²) in [5.41, 5.74) is 5.21. The largest absolute Gasteiger partial charge is 0.350 e. The van der Waals surface area contributed by atoms with Gasteiger partial charge in [-0.1, -0.05) is 0 Å². The van der Waals surface area contributed by atoms with Crippen molar-refractivity contribution in [1.82, 2.24) is 10.2 Å². The number of likely N-dealkylation sites (tertiary alicyclic amines) is 1. The Morgan fingerprint density at radius 1 is 1.54 bits per heavy atom. The van der Waals surface area contributed by atoms with Crippen molar-refractivity contribution in [2.45, 2.75) is 25.3 Å². The van der Waals surface area contributed by atoms with Crippen molar-refractivity contribution in [1.29, 1.82) is 0 Å². The lowest BCUT2D eigenvalue weighted by molar-refractivity contribution is -0.122. The second-order valence-corrected chi connectivity index (χ2v) is 4.12. The first-order valence-electron chi connectivity index (χ1n) is 4.75. The van der Waals surface area contributed by atoms with Crippen LogP contribution in [0.25, 0.3) is 0 Å². The van der Waals surface area contributed by atoms with Gasteiger partial charge in [0.25, 0.3) is 0 Å². The molecule has 0 aliphatic carbocycles. The number of carbonyl (C=O) groups is 1. The number of nitrogens with zero attached hydrogens (tertiary/aromatic N) is 1. The molecule has 0 aromatic heterocycles. The van der Waals surface area contributed by atoms with Gasteiger partial charge in [0.05, 0.1) is 6.54 Å². The van der Waals surface area contributed by atoms with E-state index in [1.807, 2.05) is 0 Å². The minimum absolute atomic E-state index is 0.0387. The van der Waals surface area contributed by atoms with Gasteiger partial charge in [0.15, 0.2) is 0 Å². The zero-order valence-electron chi connectivity index (χ0n) is 8.47. The predicted octanol–water partition coefficient (Wildman–Crippen LogP) is -0.454. The molecule has 76 valence electrons. The molecule has 1 rings (SSSR count). The Balaban J connectivity index is 2.43. The van der Waals surface area contributed by atoms with Crippen LogP contribution in [-0.4, -0.2) is 43.0 Å². The van der Waals surface area contributed by atoms with Gasteiger partial charge in [-0.15, -0.1) is 0 Å². The first kappa shape index (κ1) is 10.5. The molecule has 13 heavy (non-hydrogen) atoms. The summed E-state index contributed by atoms with van der Waals surface area (Å²) in [4.78, 5) is 13.4. The maximum absolute atomic E-state index is 11.1. The van der Waals surface area contributed by atoms with E-state index in [9.17, 15) is 4.79 Å². The Morgan fingerprint density at radius 2 is 2.08 bits per heavy atom. The summed E-state index contributed by atoms with van der Waals surface area (Å²) in [7, 11) is 2.10. The van der Waals surface area contributed by atoms with Crippen LogP contribution in [0.4, 0.5) is 0 Å². The number of carbonyl (C=O) groups excluding carboxylic acids is 1. The molecule has 0 atom stereocenters. The fourth-order valence-electron chi connectivity index (χ4n) is 1.62.